The van der Waals surface area contributed by atoms with Crippen molar-refractivity contribution in [3.05, 3.63) is 41.5 Å². The molecule has 0 aliphatic carbocycles. The van der Waals surface area contributed by atoms with Crippen LogP contribution in [-0.4, -0.2) is 17.7 Å². The molecule has 0 N–H and O–H groups in total. The Hall–Kier alpha value is -0.703. The molecule has 0 unspecified atom stereocenters. The van der Waals surface area contributed by atoms with E-state index in [-0.39, 0.29) is 0 Å². The summed E-state index contributed by atoms with van der Waals surface area (Å²) >= 11 is 2.20. The van der Waals surface area contributed by atoms with Gasteiger partial charge in [0.2, 0.25) is 0 Å². The zero-order valence-corrected chi connectivity index (χ0v) is 8.39. The van der Waals surface area contributed by atoms with Crippen LogP contribution in [0.2, 0.25) is 0 Å². The maximum absolute atomic E-state index is 2.26. The third-order valence-electron chi connectivity index (χ3n) is 2.89. The Balaban J connectivity index is 2.94. The van der Waals surface area contributed by atoms with E-state index in [0.717, 1.165) is 0 Å². The van der Waals surface area contributed by atoms with Crippen molar-refractivity contribution >= 4 is 32.7 Å². The van der Waals surface area contributed by atoms with Crippen LogP contribution < -0.4 is 4.24 Å². The van der Waals surface area contributed by atoms with E-state index in [2.05, 4.69) is 61.9 Å². The summed E-state index contributed by atoms with van der Waals surface area (Å²) in [5, 5.41) is 2.73. The Morgan fingerprint density at radius 1 is 1.08 bits per heavy atom. The van der Waals surface area contributed by atoms with Crippen molar-refractivity contribution in [2.75, 3.05) is 0 Å². The molecule has 0 aliphatic heterocycles. The molecule has 0 saturated heterocycles. The zero-order chi connectivity index (χ0) is 9.42. The van der Waals surface area contributed by atoms with Crippen molar-refractivity contribution < 1.29 is 0 Å². The fourth-order valence-electron chi connectivity index (χ4n) is 1.80. The van der Waals surface area contributed by atoms with E-state index in [0.29, 0.717) is 0 Å². The van der Waals surface area contributed by atoms with Crippen LogP contribution in [0.1, 0.15) is 11.1 Å². The van der Waals surface area contributed by atoms with E-state index in [9.17, 15) is 0 Å². The average Bonchev–Trinajstić information content (AvgIpc) is 2.15. The van der Waals surface area contributed by atoms with Crippen molar-refractivity contribution in [3.8, 4) is 0 Å². The second-order valence-corrected chi connectivity index (χ2v) is 3.66. The molecule has 0 nitrogen and oxygen atoms in total. The van der Waals surface area contributed by atoms with Crippen LogP contribution in [0.3, 0.4) is 0 Å². The fraction of sp³-hybridized carbons (Fsp3) is 0.167. The predicted molar refractivity (Wildman–Crippen MR) is 58.8 cm³/mol. The van der Waals surface area contributed by atoms with E-state index < -0.39 is 0 Å². The van der Waals surface area contributed by atoms with Gasteiger partial charge in [0, 0.05) is 0 Å². The molecule has 1 heteroatoms. The minimum atomic E-state index is 1.35. The summed E-state index contributed by atoms with van der Waals surface area (Å²) in [5.74, 6) is 0. The number of aryl methyl sites for hydroxylation is 1. The summed E-state index contributed by atoms with van der Waals surface area (Å²) in [7, 11) is 0. The third kappa shape index (κ3) is 1.41. The van der Waals surface area contributed by atoms with E-state index in [1.54, 1.807) is 0 Å². The van der Waals surface area contributed by atoms with Crippen LogP contribution in [-0.2, 0) is 0 Å². The fourth-order valence-corrected chi connectivity index (χ4v) is 1.80. The van der Waals surface area contributed by atoms with Crippen LogP contribution in [0.4, 0.5) is 0 Å². The normalized spacial score (nSPS) is 10.8. The van der Waals surface area contributed by atoms with Gasteiger partial charge in [-0.1, -0.05) is 0 Å². The predicted octanol–water partition coefficient (Wildman–Crippen LogP) is 2.25. The van der Waals surface area contributed by atoms with Gasteiger partial charge in [0.05, 0.1) is 0 Å². The molecular formula is C12H11Li. The number of hydrogen-bond donors (Lipinski definition) is 0. The molecule has 0 spiro atoms. The molecule has 0 atom stereocenters. The maximum atomic E-state index is 2.26. The molecule has 13 heavy (non-hydrogen) atoms. The molecule has 0 aliphatic rings. The molecule has 2 rings (SSSR count). The van der Waals surface area contributed by atoms with Crippen LogP contribution in [0, 0.1) is 13.8 Å². The average molecular weight is 162 g/mol. The van der Waals surface area contributed by atoms with Gasteiger partial charge >= 0.3 is 88.0 Å². The van der Waals surface area contributed by atoms with Gasteiger partial charge in [-0.2, -0.15) is 0 Å². The Morgan fingerprint density at radius 2 is 1.77 bits per heavy atom. The summed E-state index contributed by atoms with van der Waals surface area (Å²) in [6.07, 6.45) is 0. The van der Waals surface area contributed by atoms with Gasteiger partial charge in [0.25, 0.3) is 0 Å². The molecule has 0 bridgehead atoms. The number of benzene rings is 2. The Bertz CT molecular complexity index is 458. The van der Waals surface area contributed by atoms with E-state index in [1.165, 1.54) is 26.1 Å². The third-order valence-corrected chi connectivity index (χ3v) is 2.89. The topological polar surface area (TPSA) is 0 Å². The van der Waals surface area contributed by atoms with Gasteiger partial charge in [0.15, 0.2) is 0 Å². The molecule has 0 aromatic heterocycles. The van der Waals surface area contributed by atoms with Gasteiger partial charge < -0.3 is 0 Å². The van der Waals surface area contributed by atoms with Crippen LogP contribution >= 0.6 is 0 Å². The molecule has 0 heterocycles. The molecule has 0 radical (unpaired) electrons. The second-order valence-electron chi connectivity index (χ2n) is 3.66. The van der Waals surface area contributed by atoms with E-state index in [1.807, 2.05) is 0 Å². The Kier molecular flexibility index (Phi) is 2.20. The molecule has 2 aromatic carbocycles. The van der Waals surface area contributed by atoms with Gasteiger partial charge in [-0.3, -0.25) is 0 Å². The van der Waals surface area contributed by atoms with Crippen LogP contribution in [0.15, 0.2) is 30.3 Å². The monoisotopic (exact) mass is 162 g/mol. The quantitative estimate of drug-likeness (QED) is 0.521. The van der Waals surface area contributed by atoms with Crippen molar-refractivity contribution in [2.45, 2.75) is 13.8 Å². The number of fused-ring (bicyclic) bond motifs is 1. The summed E-state index contributed by atoms with van der Waals surface area (Å²) in [6.45, 7) is 4.37. The van der Waals surface area contributed by atoms with Crippen molar-refractivity contribution in [1.82, 2.24) is 0 Å². The molecule has 0 amide bonds. The van der Waals surface area contributed by atoms with Gasteiger partial charge in [-0.25, -0.2) is 0 Å². The van der Waals surface area contributed by atoms with Gasteiger partial charge in [-0.15, -0.1) is 0 Å². The summed E-state index contributed by atoms with van der Waals surface area (Å²) < 4.78 is 1.41. The van der Waals surface area contributed by atoms with Crippen LogP contribution in [0.5, 0.6) is 0 Å². The second kappa shape index (κ2) is 3.22. The van der Waals surface area contributed by atoms with Crippen molar-refractivity contribution in [2.24, 2.45) is 0 Å². The van der Waals surface area contributed by atoms with E-state index in [4.69, 9.17) is 0 Å². The molecule has 2 aromatic rings. The van der Waals surface area contributed by atoms with Crippen LogP contribution in [0.25, 0.3) is 10.8 Å². The van der Waals surface area contributed by atoms with Gasteiger partial charge in [0.1, 0.15) is 0 Å². The first-order valence-electron chi connectivity index (χ1n) is 4.65. The van der Waals surface area contributed by atoms with Crippen molar-refractivity contribution in [1.29, 1.82) is 0 Å². The minimum absolute atomic E-state index is 1.35. The molecule has 0 fully saturated rings. The Morgan fingerprint density at radius 3 is 2.54 bits per heavy atom. The first-order valence-corrected chi connectivity index (χ1v) is 4.65. The standard InChI is InChI=1S/C12H11.Li/c1-9-7-11-5-3-4-6-12(11)8-10(9)2;/h3-7H,1-2H3;. The first-order chi connectivity index (χ1) is 6.20. The van der Waals surface area contributed by atoms with Gasteiger partial charge in [-0.05, 0) is 0 Å². The SMILES string of the molecule is [Li][c]1c(C)c(C)cc2ccccc12. The summed E-state index contributed by atoms with van der Waals surface area (Å²) in [4.78, 5) is 0. The molecule has 60 valence electrons. The first kappa shape index (κ1) is 8.88. The summed E-state index contributed by atoms with van der Waals surface area (Å²) in [6, 6.07) is 10.8. The molecule has 0 saturated carbocycles. The number of rotatable bonds is 0. The van der Waals surface area contributed by atoms with E-state index >= 15 is 0 Å². The summed E-state index contributed by atoms with van der Waals surface area (Å²) in [5.41, 5.74) is 2.80. The zero-order valence-electron chi connectivity index (χ0n) is 8.39. The number of hydrogen-bond acceptors (Lipinski definition) is 0. The van der Waals surface area contributed by atoms with Crippen molar-refractivity contribution in [3.63, 3.8) is 0 Å². The molecular weight excluding hydrogens is 151 g/mol. The Labute approximate surface area is 88.2 Å².